The largest absolute Gasteiger partial charge is 0.475 e. The van der Waals surface area contributed by atoms with E-state index in [1.807, 2.05) is 11.8 Å². The van der Waals surface area contributed by atoms with Gasteiger partial charge in [-0.3, -0.25) is 9.59 Å². The lowest BCUT2D eigenvalue weighted by Crippen LogP contribution is -2.51. The molecule has 2 aliphatic heterocycles. The monoisotopic (exact) mass is 356 g/mol. The molecule has 2 saturated heterocycles. The molecule has 1 aromatic heterocycles. The Labute approximate surface area is 141 Å². The number of carbonyl (C=O) groups excluding carboxylic acids is 2. The third kappa shape index (κ3) is 3.35. The second-order valence-corrected chi connectivity index (χ2v) is 7.42. The summed E-state index contributed by atoms with van der Waals surface area (Å²) in [7, 11) is 0. The van der Waals surface area contributed by atoms with Gasteiger partial charge in [0, 0.05) is 30.3 Å². The maximum Gasteiger partial charge on any atom is 0.371 e. The number of hydrogen-bond acceptors (Lipinski definition) is 6. The Kier molecular flexibility index (Phi) is 4.86. The molecule has 0 radical (unpaired) electrons. The minimum absolute atomic E-state index is 0.0336. The summed E-state index contributed by atoms with van der Waals surface area (Å²) in [5, 5.41) is 8.87. The summed E-state index contributed by atoms with van der Waals surface area (Å²) < 4.78 is 5.06. The summed E-state index contributed by atoms with van der Waals surface area (Å²) in [5.74, 6) is 0.772. The molecular formula is C14H16N2O5S2. The zero-order chi connectivity index (χ0) is 16.4. The lowest BCUT2D eigenvalue weighted by atomic mass is 10.2. The van der Waals surface area contributed by atoms with E-state index in [-0.39, 0.29) is 17.4 Å². The number of nitrogens with zero attached hydrogens (tertiary/aromatic N) is 2. The van der Waals surface area contributed by atoms with Crippen LogP contribution in [0, 0.1) is 0 Å². The minimum Gasteiger partial charge on any atom is -0.475 e. The highest BCUT2D eigenvalue weighted by molar-refractivity contribution is 7.99. The molecule has 3 heterocycles. The van der Waals surface area contributed by atoms with Crippen LogP contribution in [0.2, 0.25) is 0 Å². The molecule has 9 heteroatoms. The van der Waals surface area contributed by atoms with Crippen molar-refractivity contribution in [1.82, 2.24) is 9.80 Å². The Bertz CT molecular complexity index is 626. The van der Waals surface area contributed by atoms with Gasteiger partial charge in [-0.1, -0.05) is 0 Å². The average molecular weight is 356 g/mol. The molecule has 7 nitrogen and oxygen atoms in total. The van der Waals surface area contributed by atoms with Crippen molar-refractivity contribution in [3.05, 3.63) is 23.7 Å². The summed E-state index contributed by atoms with van der Waals surface area (Å²) in [4.78, 5) is 39.3. The number of amides is 2. The summed E-state index contributed by atoms with van der Waals surface area (Å²) >= 11 is 3.33. The van der Waals surface area contributed by atoms with Crippen molar-refractivity contribution in [3.8, 4) is 0 Å². The van der Waals surface area contributed by atoms with Crippen molar-refractivity contribution in [1.29, 1.82) is 0 Å². The number of carboxylic acid groups (broad SMARTS) is 1. The van der Waals surface area contributed by atoms with Crippen molar-refractivity contribution < 1.29 is 23.9 Å². The second kappa shape index (κ2) is 6.88. The van der Waals surface area contributed by atoms with Crippen LogP contribution in [0.1, 0.15) is 21.1 Å². The zero-order valence-electron chi connectivity index (χ0n) is 12.3. The maximum absolute atomic E-state index is 12.6. The van der Waals surface area contributed by atoms with E-state index in [1.54, 1.807) is 4.90 Å². The molecule has 23 heavy (non-hydrogen) atoms. The number of carbonyl (C=O) groups is 3. The molecule has 1 atom stereocenters. The maximum atomic E-state index is 12.6. The lowest BCUT2D eigenvalue weighted by Gasteiger charge is -2.31. The highest BCUT2D eigenvalue weighted by atomic mass is 32.2. The van der Waals surface area contributed by atoms with Crippen molar-refractivity contribution in [2.24, 2.45) is 0 Å². The predicted octanol–water partition coefficient (Wildman–Crippen LogP) is 1.07. The van der Waals surface area contributed by atoms with E-state index in [0.717, 1.165) is 11.5 Å². The SMILES string of the molecule is O=C(O)c1ccc(C(=O)N2CSCC2C(=O)N2CCSCC2)o1. The standard InChI is InChI=1S/C14H16N2O5S2/c17-12(15-3-5-22-6-4-15)9-7-23-8-16(9)13(18)10-1-2-11(21-10)14(19)20/h1-2,9H,3-8H2,(H,19,20). The second-order valence-electron chi connectivity index (χ2n) is 5.20. The van der Waals surface area contributed by atoms with Crippen molar-refractivity contribution in [3.63, 3.8) is 0 Å². The topological polar surface area (TPSA) is 91.1 Å². The van der Waals surface area contributed by atoms with Gasteiger partial charge in [0.15, 0.2) is 5.76 Å². The number of furan rings is 1. The van der Waals surface area contributed by atoms with Gasteiger partial charge in [0.25, 0.3) is 5.91 Å². The predicted molar refractivity (Wildman–Crippen MR) is 86.9 cm³/mol. The summed E-state index contributed by atoms with van der Waals surface area (Å²) in [5.41, 5.74) is 0. The van der Waals surface area contributed by atoms with Crippen LogP contribution in [0.25, 0.3) is 0 Å². The van der Waals surface area contributed by atoms with Gasteiger partial charge < -0.3 is 19.3 Å². The van der Waals surface area contributed by atoms with Crippen molar-refractivity contribution in [2.75, 3.05) is 36.2 Å². The molecule has 1 N–H and O–H groups in total. The molecule has 2 aliphatic rings. The van der Waals surface area contributed by atoms with E-state index in [2.05, 4.69) is 0 Å². The van der Waals surface area contributed by atoms with Crippen molar-refractivity contribution in [2.45, 2.75) is 6.04 Å². The summed E-state index contributed by atoms with van der Waals surface area (Å²) in [6, 6.07) is 2.08. The van der Waals surface area contributed by atoms with Gasteiger partial charge >= 0.3 is 5.97 Å². The quantitative estimate of drug-likeness (QED) is 0.866. The van der Waals surface area contributed by atoms with E-state index in [4.69, 9.17) is 9.52 Å². The molecule has 0 bridgehead atoms. The zero-order valence-corrected chi connectivity index (χ0v) is 13.9. The summed E-state index contributed by atoms with van der Waals surface area (Å²) in [6.07, 6.45) is 0. The van der Waals surface area contributed by atoms with Crippen LogP contribution in [0.15, 0.2) is 16.5 Å². The first-order valence-corrected chi connectivity index (χ1v) is 9.47. The Hall–Kier alpha value is -1.61. The molecular weight excluding hydrogens is 340 g/mol. The van der Waals surface area contributed by atoms with E-state index in [1.165, 1.54) is 28.8 Å². The van der Waals surface area contributed by atoms with E-state index >= 15 is 0 Å². The van der Waals surface area contributed by atoms with Gasteiger partial charge in [-0.15, -0.1) is 11.8 Å². The molecule has 0 aromatic carbocycles. The number of thioether (sulfide) groups is 2. The van der Waals surface area contributed by atoms with Crippen LogP contribution < -0.4 is 0 Å². The Morgan fingerprint density at radius 2 is 1.83 bits per heavy atom. The van der Waals surface area contributed by atoms with Crippen LogP contribution in [0.5, 0.6) is 0 Å². The molecule has 1 unspecified atom stereocenters. The minimum atomic E-state index is -1.22. The molecule has 0 saturated carbocycles. The first-order chi connectivity index (χ1) is 11.1. The fraction of sp³-hybridized carbons (Fsp3) is 0.500. The fourth-order valence-corrected chi connectivity index (χ4v) is 4.60. The van der Waals surface area contributed by atoms with Gasteiger partial charge in [0.05, 0.1) is 5.88 Å². The van der Waals surface area contributed by atoms with E-state index in [0.29, 0.717) is 24.7 Å². The van der Waals surface area contributed by atoms with Crippen LogP contribution >= 0.6 is 23.5 Å². The highest BCUT2D eigenvalue weighted by Crippen LogP contribution is 2.26. The number of rotatable bonds is 3. The highest BCUT2D eigenvalue weighted by Gasteiger charge is 2.38. The van der Waals surface area contributed by atoms with Crippen molar-refractivity contribution >= 4 is 41.3 Å². The van der Waals surface area contributed by atoms with Gasteiger partial charge in [-0.05, 0) is 12.1 Å². The van der Waals surface area contributed by atoms with Gasteiger partial charge in [0.2, 0.25) is 11.7 Å². The fourth-order valence-electron chi connectivity index (χ4n) is 2.55. The molecule has 2 amide bonds. The number of carboxylic acids is 1. The molecule has 1 aromatic rings. The third-order valence-corrected chi connectivity index (χ3v) is 5.73. The van der Waals surface area contributed by atoms with Crippen LogP contribution in [0.4, 0.5) is 0 Å². The van der Waals surface area contributed by atoms with Crippen LogP contribution in [-0.4, -0.2) is 75.0 Å². The molecule has 0 aliphatic carbocycles. The first kappa shape index (κ1) is 16.3. The molecule has 2 fully saturated rings. The van der Waals surface area contributed by atoms with Gasteiger partial charge in [0.1, 0.15) is 6.04 Å². The first-order valence-electron chi connectivity index (χ1n) is 7.16. The van der Waals surface area contributed by atoms with E-state index < -0.39 is 17.9 Å². The van der Waals surface area contributed by atoms with Crippen LogP contribution in [0.3, 0.4) is 0 Å². The molecule has 124 valence electrons. The normalized spacial score (nSPS) is 21.5. The van der Waals surface area contributed by atoms with Crippen LogP contribution in [-0.2, 0) is 4.79 Å². The third-order valence-electron chi connectivity index (χ3n) is 3.78. The Morgan fingerprint density at radius 1 is 1.13 bits per heavy atom. The number of hydrogen-bond donors (Lipinski definition) is 1. The van der Waals surface area contributed by atoms with Gasteiger partial charge in [-0.2, -0.15) is 11.8 Å². The lowest BCUT2D eigenvalue weighted by molar-refractivity contribution is -0.134. The number of aromatic carboxylic acids is 1. The van der Waals surface area contributed by atoms with Gasteiger partial charge in [-0.25, -0.2) is 4.79 Å². The Balaban J connectivity index is 1.73. The molecule has 3 rings (SSSR count). The summed E-state index contributed by atoms with van der Waals surface area (Å²) in [6.45, 7) is 1.41. The molecule has 0 spiro atoms. The average Bonchev–Trinajstić information content (AvgIpc) is 3.23. The smallest absolute Gasteiger partial charge is 0.371 e. The Morgan fingerprint density at radius 3 is 2.48 bits per heavy atom. The van der Waals surface area contributed by atoms with E-state index in [9.17, 15) is 14.4 Å².